The molecule has 152 valence electrons. The summed E-state index contributed by atoms with van der Waals surface area (Å²) >= 11 is 0. The Morgan fingerprint density at radius 3 is 1.85 bits per heavy atom. The van der Waals surface area contributed by atoms with Gasteiger partial charge in [-0.1, -0.05) is 78.9 Å². The molecule has 0 aliphatic rings. The standard InChI is InChI=1S/C31H18N2/c32-19-20-13-16-22(17-14-20)33-28-18-15-21-7-1-2-8-23(21)29(28)30-26-11-5-3-9-24(26)25-10-4-6-12-27(25)31(30)33/h1-18H. The lowest BCUT2D eigenvalue weighted by atomic mass is 9.95. The molecule has 0 bridgehead atoms. The van der Waals surface area contributed by atoms with Gasteiger partial charge in [0.05, 0.1) is 22.7 Å². The molecule has 7 rings (SSSR count). The molecular weight excluding hydrogens is 400 g/mol. The van der Waals surface area contributed by atoms with Crippen LogP contribution in [0.5, 0.6) is 0 Å². The molecule has 0 atom stereocenters. The minimum atomic E-state index is 0.667. The van der Waals surface area contributed by atoms with Crippen LogP contribution in [0.2, 0.25) is 0 Å². The molecule has 1 heterocycles. The van der Waals surface area contributed by atoms with Crippen molar-refractivity contribution < 1.29 is 0 Å². The quantitative estimate of drug-likeness (QED) is 0.247. The van der Waals surface area contributed by atoms with E-state index in [9.17, 15) is 5.26 Å². The fourth-order valence-electron chi connectivity index (χ4n) is 5.39. The fraction of sp³-hybridized carbons (Fsp3) is 0. The van der Waals surface area contributed by atoms with E-state index in [1.165, 1.54) is 54.1 Å². The Balaban J connectivity index is 1.84. The molecule has 2 nitrogen and oxygen atoms in total. The summed E-state index contributed by atoms with van der Waals surface area (Å²) in [6.07, 6.45) is 0. The molecule has 0 aliphatic heterocycles. The first-order valence-electron chi connectivity index (χ1n) is 11.1. The monoisotopic (exact) mass is 418 g/mol. The highest BCUT2D eigenvalue weighted by molar-refractivity contribution is 6.35. The second kappa shape index (κ2) is 6.69. The zero-order chi connectivity index (χ0) is 21.9. The first-order valence-corrected chi connectivity index (χ1v) is 11.1. The highest BCUT2D eigenvalue weighted by atomic mass is 15.0. The van der Waals surface area contributed by atoms with Gasteiger partial charge in [-0.15, -0.1) is 0 Å². The Labute approximate surface area is 190 Å². The van der Waals surface area contributed by atoms with Crippen molar-refractivity contribution in [2.24, 2.45) is 0 Å². The van der Waals surface area contributed by atoms with Crippen LogP contribution in [0.15, 0.2) is 109 Å². The number of aromatic nitrogens is 1. The normalized spacial score (nSPS) is 11.6. The minimum absolute atomic E-state index is 0.667. The third-order valence-corrected chi connectivity index (χ3v) is 6.78. The van der Waals surface area contributed by atoms with Crippen LogP contribution in [0.3, 0.4) is 0 Å². The van der Waals surface area contributed by atoms with Gasteiger partial charge in [0.15, 0.2) is 0 Å². The number of nitriles is 1. The van der Waals surface area contributed by atoms with Crippen molar-refractivity contribution >= 4 is 54.1 Å². The summed E-state index contributed by atoms with van der Waals surface area (Å²) in [6, 6.07) is 40.6. The number of rotatable bonds is 1. The Bertz CT molecular complexity index is 1920. The zero-order valence-corrected chi connectivity index (χ0v) is 17.8. The summed E-state index contributed by atoms with van der Waals surface area (Å²) in [4.78, 5) is 0. The molecule has 0 N–H and O–H groups in total. The van der Waals surface area contributed by atoms with E-state index in [-0.39, 0.29) is 0 Å². The van der Waals surface area contributed by atoms with E-state index < -0.39 is 0 Å². The summed E-state index contributed by atoms with van der Waals surface area (Å²) in [5, 5.41) is 19.4. The molecule has 0 unspecified atom stereocenters. The molecule has 6 aromatic carbocycles. The van der Waals surface area contributed by atoms with Crippen molar-refractivity contribution in [2.45, 2.75) is 0 Å². The van der Waals surface area contributed by atoms with Crippen LogP contribution in [0, 0.1) is 11.3 Å². The zero-order valence-electron chi connectivity index (χ0n) is 17.8. The van der Waals surface area contributed by atoms with Gasteiger partial charge in [0.1, 0.15) is 0 Å². The Kier molecular flexibility index (Phi) is 3.65. The lowest BCUT2D eigenvalue weighted by Gasteiger charge is -2.12. The molecule has 0 fully saturated rings. The molecule has 0 amide bonds. The summed E-state index contributed by atoms with van der Waals surface area (Å²) in [7, 11) is 0. The third-order valence-electron chi connectivity index (χ3n) is 6.78. The number of benzene rings is 6. The molecule has 0 aliphatic carbocycles. The van der Waals surface area contributed by atoms with Crippen LogP contribution < -0.4 is 0 Å². The van der Waals surface area contributed by atoms with E-state index in [0.717, 1.165) is 5.69 Å². The molecule has 33 heavy (non-hydrogen) atoms. The van der Waals surface area contributed by atoms with Crippen LogP contribution in [-0.2, 0) is 0 Å². The van der Waals surface area contributed by atoms with Crippen LogP contribution >= 0.6 is 0 Å². The van der Waals surface area contributed by atoms with Crippen molar-refractivity contribution in [2.75, 3.05) is 0 Å². The van der Waals surface area contributed by atoms with E-state index in [4.69, 9.17) is 0 Å². The van der Waals surface area contributed by atoms with Crippen LogP contribution in [0.25, 0.3) is 59.8 Å². The maximum absolute atomic E-state index is 9.32. The predicted octanol–water partition coefficient (Wildman–Crippen LogP) is 8.11. The number of nitrogens with zero attached hydrogens (tertiary/aromatic N) is 2. The van der Waals surface area contributed by atoms with Gasteiger partial charge in [-0.2, -0.15) is 5.26 Å². The minimum Gasteiger partial charge on any atom is -0.309 e. The van der Waals surface area contributed by atoms with Gasteiger partial charge < -0.3 is 4.57 Å². The van der Waals surface area contributed by atoms with E-state index in [0.29, 0.717) is 5.56 Å². The summed E-state index contributed by atoms with van der Waals surface area (Å²) < 4.78 is 2.37. The van der Waals surface area contributed by atoms with Gasteiger partial charge in [0, 0.05) is 21.8 Å². The Morgan fingerprint density at radius 1 is 0.515 bits per heavy atom. The molecule has 0 radical (unpaired) electrons. The molecule has 7 aromatic rings. The Hall–Kier alpha value is -4.61. The molecule has 0 saturated heterocycles. The number of fused-ring (bicyclic) bond motifs is 10. The molecule has 0 saturated carbocycles. The highest BCUT2D eigenvalue weighted by Crippen LogP contribution is 2.44. The van der Waals surface area contributed by atoms with Crippen LogP contribution in [-0.4, -0.2) is 4.57 Å². The first-order chi connectivity index (χ1) is 16.3. The van der Waals surface area contributed by atoms with E-state index in [1.807, 2.05) is 12.1 Å². The Morgan fingerprint density at radius 2 is 1.12 bits per heavy atom. The number of hydrogen-bond donors (Lipinski definition) is 0. The van der Waals surface area contributed by atoms with Crippen molar-refractivity contribution in [1.82, 2.24) is 4.57 Å². The summed E-state index contributed by atoms with van der Waals surface area (Å²) in [5.74, 6) is 0. The summed E-state index contributed by atoms with van der Waals surface area (Å²) in [5.41, 5.74) is 4.11. The average molecular weight is 418 g/mol. The van der Waals surface area contributed by atoms with E-state index >= 15 is 0 Å². The largest absolute Gasteiger partial charge is 0.309 e. The van der Waals surface area contributed by atoms with Gasteiger partial charge in [0.25, 0.3) is 0 Å². The lowest BCUT2D eigenvalue weighted by molar-refractivity contribution is 1.19. The maximum Gasteiger partial charge on any atom is 0.0991 e. The van der Waals surface area contributed by atoms with Crippen molar-refractivity contribution in [3.05, 3.63) is 115 Å². The molecular formula is C31H18N2. The second-order valence-corrected chi connectivity index (χ2v) is 8.49. The molecule has 0 spiro atoms. The smallest absolute Gasteiger partial charge is 0.0991 e. The first kappa shape index (κ1) is 18.0. The van der Waals surface area contributed by atoms with Crippen molar-refractivity contribution in [3.63, 3.8) is 0 Å². The van der Waals surface area contributed by atoms with Gasteiger partial charge >= 0.3 is 0 Å². The van der Waals surface area contributed by atoms with Crippen LogP contribution in [0.1, 0.15) is 5.56 Å². The third kappa shape index (κ3) is 2.42. The van der Waals surface area contributed by atoms with Gasteiger partial charge in [0.2, 0.25) is 0 Å². The van der Waals surface area contributed by atoms with Crippen molar-refractivity contribution in [1.29, 1.82) is 5.26 Å². The second-order valence-electron chi connectivity index (χ2n) is 8.49. The average Bonchev–Trinajstić information content (AvgIpc) is 3.25. The topological polar surface area (TPSA) is 28.7 Å². The molecule has 2 heteroatoms. The van der Waals surface area contributed by atoms with Crippen LogP contribution in [0.4, 0.5) is 0 Å². The van der Waals surface area contributed by atoms with Crippen molar-refractivity contribution in [3.8, 4) is 11.8 Å². The summed E-state index contributed by atoms with van der Waals surface area (Å²) in [6.45, 7) is 0. The van der Waals surface area contributed by atoms with Gasteiger partial charge in [-0.3, -0.25) is 0 Å². The number of hydrogen-bond acceptors (Lipinski definition) is 1. The fourth-order valence-corrected chi connectivity index (χ4v) is 5.39. The maximum atomic E-state index is 9.32. The highest BCUT2D eigenvalue weighted by Gasteiger charge is 2.20. The van der Waals surface area contributed by atoms with Gasteiger partial charge in [-0.25, -0.2) is 0 Å². The van der Waals surface area contributed by atoms with E-state index in [2.05, 4.69) is 108 Å². The predicted molar refractivity (Wildman–Crippen MR) is 138 cm³/mol. The van der Waals surface area contributed by atoms with Gasteiger partial charge in [-0.05, 0) is 57.3 Å². The lowest BCUT2D eigenvalue weighted by Crippen LogP contribution is -1.95. The van der Waals surface area contributed by atoms with E-state index in [1.54, 1.807) is 0 Å². The molecule has 1 aromatic heterocycles. The SMILES string of the molecule is N#Cc1ccc(-n2c3ccc4ccccc4c3c3c4ccccc4c4ccccc4c32)cc1.